The lowest BCUT2D eigenvalue weighted by Gasteiger charge is -2.32. The van der Waals surface area contributed by atoms with E-state index in [0.29, 0.717) is 23.0 Å². The van der Waals surface area contributed by atoms with E-state index in [2.05, 4.69) is 15.2 Å². The zero-order valence-electron chi connectivity index (χ0n) is 16.2. The fourth-order valence-electron chi connectivity index (χ4n) is 3.79. The molecule has 1 aliphatic heterocycles. The van der Waals surface area contributed by atoms with Crippen LogP contribution >= 0.6 is 11.6 Å². The summed E-state index contributed by atoms with van der Waals surface area (Å²) in [4.78, 5) is 18.6. The third kappa shape index (κ3) is 5.05. The number of pyridine rings is 1. The summed E-state index contributed by atoms with van der Waals surface area (Å²) < 4.78 is 6.04. The van der Waals surface area contributed by atoms with Crippen LogP contribution in [0, 0.1) is 5.92 Å². The predicted molar refractivity (Wildman–Crippen MR) is 114 cm³/mol. The monoisotopic (exact) mass is 409 g/mol. The Morgan fingerprint density at radius 3 is 2.93 bits per heavy atom. The molecule has 0 saturated carbocycles. The third-order valence-electron chi connectivity index (χ3n) is 5.26. The first-order valence-corrected chi connectivity index (χ1v) is 10.3. The first kappa shape index (κ1) is 19.7. The highest BCUT2D eigenvalue weighted by molar-refractivity contribution is 6.33. The second-order valence-corrected chi connectivity index (χ2v) is 7.85. The maximum atomic E-state index is 12.2. The van der Waals surface area contributed by atoms with Gasteiger partial charge in [-0.1, -0.05) is 23.7 Å². The van der Waals surface area contributed by atoms with Crippen molar-refractivity contribution in [3.05, 3.63) is 77.3 Å². The average Bonchev–Trinajstić information content (AvgIpc) is 3.21. The van der Waals surface area contributed by atoms with Crippen molar-refractivity contribution in [2.75, 3.05) is 19.6 Å². The molecule has 0 radical (unpaired) electrons. The summed E-state index contributed by atoms with van der Waals surface area (Å²) in [6.07, 6.45) is 5.50. The molecule has 2 aromatic heterocycles. The summed E-state index contributed by atoms with van der Waals surface area (Å²) in [6.45, 7) is 3.41. The van der Waals surface area contributed by atoms with Gasteiger partial charge in [-0.2, -0.15) is 0 Å². The van der Waals surface area contributed by atoms with E-state index >= 15 is 0 Å². The number of piperidine rings is 1. The Kier molecular flexibility index (Phi) is 6.27. The summed E-state index contributed by atoms with van der Waals surface area (Å²) >= 11 is 6.27. The molecule has 1 fully saturated rings. The van der Waals surface area contributed by atoms with Crippen molar-refractivity contribution in [2.24, 2.45) is 5.92 Å². The zero-order chi connectivity index (χ0) is 20.1. The van der Waals surface area contributed by atoms with Gasteiger partial charge >= 0.3 is 0 Å². The van der Waals surface area contributed by atoms with Crippen molar-refractivity contribution < 1.29 is 9.21 Å². The third-order valence-corrected chi connectivity index (χ3v) is 5.59. The van der Waals surface area contributed by atoms with Crippen LogP contribution < -0.4 is 5.32 Å². The molecule has 0 spiro atoms. The average molecular weight is 410 g/mol. The van der Waals surface area contributed by atoms with Crippen LogP contribution in [0.25, 0.3) is 11.3 Å². The first-order chi connectivity index (χ1) is 14.2. The molecule has 3 heterocycles. The molecule has 1 saturated heterocycles. The lowest BCUT2D eigenvalue weighted by atomic mass is 9.98. The molecular formula is C23H24ClN3O2. The van der Waals surface area contributed by atoms with E-state index in [4.69, 9.17) is 16.0 Å². The quantitative estimate of drug-likeness (QED) is 0.644. The Labute approximate surface area is 175 Å². The molecule has 150 valence electrons. The van der Waals surface area contributed by atoms with Crippen LogP contribution in [0.2, 0.25) is 5.02 Å². The Morgan fingerprint density at radius 1 is 1.21 bits per heavy atom. The van der Waals surface area contributed by atoms with E-state index in [1.54, 1.807) is 24.5 Å². The number of furan rings is 1. The van der Waals surface area contributed by atoms with Crippen LogP contribution in [-0.4, -0.2) is 35.4 Å². The fourth-order valence-corrected chi connectivity index (χ4v) is 4.02. The number of carbonyl (C=O) groups is 1. The molecule has 1 amide bonds. The van der Waals surface area contributed by atoms with Gasteiger partial charge in [0.15, 0.2) is 0 Å². The summed E-state index contributed by atoms with van der Waals surface area (Å²) in [7, 11) is 0. The normalized spacial score (nSPS) is 17.2. The molecule has 3 aromatic rings. The highest BCUT2D eigenvalue weighted by Gasteiger charge is 2.22. The molecule has 1 atom stereocenters. The lowest BCUT2D eigenvalue weighted by molar-refractivity contribution is 0.0928. The fraction of sp³-hybridized carbons (Fsp3) is 0.304. The van der Waals surface area contributed by atoms with E-state index < -0.39 is 0 Å². The smallest absolute Gasteiger partial charge is 0.252 e. The standard InChI is InChI=1S/C23H24ClN3O2/c24-21-8-2-1-7-20(21)22-10-9-19(29-22)16-27-12-4-5-17(15-27)13-26-23(28)18-6-3-11-25-14-18/h1-3,6-11,14,17H,4-5,12-13,15-16H2,(H,26,28)/t17-/m0/s1. The minimum absolute atomic E-state index is 0.0642. The van der Waals surface area contributed by atoms with E-state index in [1.165, 1.54) is 0 Å². The highest BCUT2D eigenvalue weighted by Crippen LogP contribution is 2.29. The van der Waals surface area contributed by atoms with Gasteiger partial charge in [0, 0.05) is 31.0 Å². The molecule has 0 unspecified atom stereocenters. The number of aromatic nitrogens is 1. The topological polar surface area (TPSA) is 58.4 Å². The van der Waals surface area contributed by atoms with Crippen molar-refractivity contribution in [2.45, 2.75) is 19.4 Å². The molecule has 5 nitrogen and oxygen atoms in total. The molecular weight excluding hydrogens is 386 g/mol. The molecule has 1 N–H and O–H groups in total. The van der Waals surface area contributed by atoms with Crippen LogP contribution in [0.4, 0.5) is 0 Å². The second kappa shape index (κ2) is 9.25. The highest BCUT2D eigenvalue weighted by atomic mass is 35.5. The zero-order valence-corrected chi connectivity index (χ0v) is 16.9. The number of carbonyl (C=O) groups excluding carboxylic acids is 1. The van der Waals surface area contributed by atoms with Gasteiger partial charge in [0.2, 0.25) is 0 Å². The van der Waals surface area contributed by atoms with E-state index in [0.717, 1.165) is 49.6 Å². The van der Waals surface area contributed by atoms with Gasteiger partial charge in [-0.05, 0) is 61.7 Å². The van der Waals surface area contributed by atoms with E-state index in [1.807, 2.05) is 36.4 Å². The second-order valence-electron chi connectivity index (χ2n) is 7.44. The number of amides is 1. The molecule has 29 heavy (non-hydrogen) atoms. The van der Waals surface area contributed by atoms with E-state index in [9.17, 15) is 4.79 Å². The number of nitrogens with one attached hydrogen (secondary N) is 1. The number of rotatable bonds is 6. The number of nitrogens with zero attached hydrogens (tertiary/aromatic N) is 2. The van der Waals surface area contributed by atoms with Crippen LogP contribution in [0.3, 0.4) is 0 Å². The largest absolute Gasteiger partial charge is 0.460 e. The maximum absolute atomic E-state index is 12.2. The number of hydrogen-bond donors (Lipinski definition) is 1. The van der Waals surface area contributed by atoms with Crippen molar-refractivity contribution >= 4 is 17.5 Å². The van der Waals surface area contributed by atoms with Gasteiger partial charge in [-0.3, -0.25) is 14.7 Å². The lowest BCUT2D eigenvalue weighted by Crippen LogP contribution is -2.40. The van der Waals surface area contributed by atoms with Crippen LogP contribution in [0.15, 0.2) is 65.3 Å². The Bertz CT molecular complexity index is 958. The first-order valence-electron chi connectivity index (χ1n) is 9.93. The van der Waals surface area contributed by atoms with Crippen molar-refractivity contribution in [1.29, 1.82) is 0 Å². The van der Waals surface area contributed by atoms with Crippen molar-refractivity contribution in [3.63, 3.8) is 0 Å². The maximum Gasteiger partial charge on any atom is 0.252 e. The Morgan fingerprint density at radius 2 is 2.10 bits per heavy atom. The Hall–Kier alpha value is -2.63. The number of benzene rings is 1. The van der Waals surface area contributed by atoms with Crippen molar-refractivity contribution in [3.8, 4) is 11.3 Å². The molecule has 4 rings (SSSR count). The molecule has 0 aliphatic carbocycles. The van der Waals surface area contributed by atoms with Gasteiger partial charge in [-0.25, -0.2) is 0 Å². The van der Waals surface area contributed by atoms with Gasteiger partial charge in [-0.15, -0.1) is 0 Å². The minimum Gasteiger partial charge on any atom is -0.460 e. The van der Waals surface area contributed by atoms with Crippen LogP contribution in [0.5, 0.6) is 0 Å². The van der Waals surface area contributed by atoms with Crippen molar-refractivity contribution in [1.82, 2.24) is 15.2 Å². The van der Waals surface area contributed by atoms with Crippen LogP contribution in [0.1, 0.15) is 29.0 Å². The van der Waals surface area contributed by atoms with Crippen LogP contribution in [-0.2, 0) is 6.54 Å². The number of halogens is 1. The minimum atomic E-state index is -0.0642. The molecule has 0 bridgehead atoms. The van der Waals surface area contributed by atoms with E-state index in [-0.39, 0.29) is 5.91 Å². The SMILES string of the molecule is O=C(NC[C@@H]1CCCN(Cc2ccc(-c3ccccc3Cl)o2)C1)c1cccnc1. The number of likely N-dealkylation sites (tertiary alicyclic amines) is 1. The molecule has 6 heteroatoms. The Balaban J connectivity index is 1.31. The summed E-state index contributed by atoms with van der Waals surface area (Å²) in [5, 5.41) is 3.73. The molecule has 1 aliphatic rings. The van der Waals surface area contributed by atoms with Gasteiger partial charge in [0.05, 0.1) is 17.1 Å². The predicted octanol–water partition coefficient (Wildman–Crippen LogP) is 4.64. The molecule has 1 aromatic carbocycles. The number of hydrogen-bond acceptors (Lipinski definition) is 4. The summed E-state index contributed by atoms with van der Waals surface area (Å²) in [5.41, 5.74) is 1.51. The summed E-state index contributed by atoms with van der Waals surface area (Å²) in [5.74, 6) is 2.09. The van der Waals surface area contributed by atoms with Gasteiger partial charge in [0.1, 0.15) is 11.5 Å². The summed E-state index contributed by atoms with van der Waals surface area (Å²) in [6, 6.07) is 15.3. The van der Waals surface area contributed by atoms with Gasteiger partial charge < -0.3 is 9.73 Å². The van der Waals surface area contributed by atoms with Gasteiger partial charge in [0.25, 0.3) is 5.91 Å².